The van der Waals surface area contributed by atoms with Crippen molar-refractivity contribution in [3.63, 3.8) is 0 Å². The summed E-state index contributed by atoms with van der Waals surface area (Å²) in [7, 11) is 0. The van der Waals surface area contributed by atoms with Gasteiger partial charge in [-0.15, -0.1) is 0 Å². The summed E-state index contributed by atoms with van der Waals surface area (Å²) < 4.78 is 2.38. The van der Waals surface area contributed by atoms with E-state index in [1.165, 1.54) is 77.4 Å². The monoisotopic (exact) mass is 830 g/mol. The number of para-hydroxylation sites is 3. The summed E-state index contributed by atoms with van der Waals surface area (Å²) >= 11 is 0. The van der Waals surface area contributed by atoms with Gasteiger partial charge in [0.15, 0.2) is 0 Å². The van der Waals surface area contributed by atoms with Crippen LogP contribution in [-0.2, 0) is 5.41 Å². The van der Waals surface area contributed by atoms with E-state index >= 15 is 0 Å². The van der Waals surface area contributed by atoms with Gasteiger partial charge in [0.25, 0.3) is 0 Å². The summed E-state index contributed by atoms with van der Waals surface area (Å²) in [5.74, 6) is 0. The smallest absolute Gasteiger partial charge is 0.0541 e. The van der Waals surface area contributed by atoms with Crippen LogP contribution < -0.4 is 4.90 Å². The predicted molar refractivity (Wildman–Crippen MR) is 275 cm³/mol. The minimum absolute atomic E-state index is 0.156. The number of anilines is 3. The number of nitrogens with zero attached hydrogens (tertiary/aromatic N) is 2. The van der Waals surface area contributed by atoms with Crippen molar-refractivity contribution in [1.29, 1.82) is 0 Å². The molecule has 10 aromatic carbocycles. The Hall–Kier alpha value is -8.20. The summed E-state index contributed by atoms with van der Waals surface area (Å²) in [5, 5.41) is 2.48. The molecule has 0 spiro atoms. The van der Waals surface area contributed by atoms with E-state index in [0.717, 1.165) is 33.9 Å². The van der Waals surface area contributed by atoms with Crippen LogP contribution in [0.1, 0.15) is 25.0 Å². The average Bonchev–Trinajstić information content (AvgIpc) is 3.82. The van der Waals surface area contributed by atoms with Crippen molar-refractivity contribution in [2.24, 2.45) is 0 Å². The fourth-order valence-corrected chi connectivity index (χ4v) is 10.5. The van der Waals surface area contributed by atoms with Gasteiger partial charge < -0.3 is 9.47 Å². The average molecular weight is 831 g/mol. The van der Waals surface area contributed by atoms with Gasteiger partial charge in [-0.2, -0.15) is 0 Å². The lowest BCUT2D eigenvalue weighted by Gasteiger charge is -2.30. The molecular weight excluding hydrogens is 785 g/mol. The molecule has 0 bridgehead atoms. The molecule has 1 aliphatic rings. The zero-order valence-electron chi connectivity index (χ0n) is 36.5. The number of aromatic nitrogens is 1. The quantitative estimate of drug-likeness (QED) is 0.148. The molecular formula is C63H46N2. The van der Waals surface area contributed by atoms with Crippen LogP contribution in [0.25, 0.3) is 83.1 Å². The Bertz CT molecular complexity index is 3580. The van der Waals surface area contributed by atoms with Crippen molar-refractivity contribution >= 4 is 38.9 Å². The maximum atomic E-state index is 2.48. The van der Waals surface area contributed by atoms with Crippen molar-refractivity contribution < 1.29 is 0 Å². The maximum absolute atomic E-state index is 2.48. The molecule has 0 aliphatic heterocycles. The zero-order valence-corrected chi connectivity index (χ0v) is 36.5. The highest BCUT2D eigenvalue weighted by Crippen LogP contribution is 2.52. The van der Waals surface area contributed by atoms with E-state index in [1.807, 2.05) is 0 Å². The Morgan fingerprint density at radius 2 is 0.862 bits per heavy atom. The summed E-state index contributed by atoms with van der Waals surface area (Å²) in [5.41, 5.74) is 21.6. The Kier molecular flexibility index (Phi) is 9.21. The van der Waals surface area contributed by atoms with Crippen LogP contribution in [0, 0.1) is 0 Å². The van der Waals surface area contributed by atoms with Crippen molar-refractivity contribution in [3.8, 4) is 61.3 Å². The van der Waals surface area contributed by atoms with Gasteiger partial charge >= 0.3 is 0 Å². The molecule has 0 amide bonds. The Balaban J connectivity index is 1.05. The van der Waals surface area contributed by atoms with Crippen molar-refractivity contribution in [2.45, 2.75) is 19.3 Å². The van der Waals surface area contributed by atoms with Gasteiger partial charge in [0.1, 0.15) is 0 Å². The first-order valence-corrected chi connectivity index (χ1v) is 22.6. The zero-order chi connectivity index (χ0) is 43.5. The standard InChI is InChI=1S/C63H46N2/c1-63(2)58-33-16-13-30-53(58)54-38-37-48(42-59(54)63)64(60-34-17-14-31-55(60)52-29-12-11-28-51(52)50-27-10-9-26-49(50)43-20-5-3-6-21-43)47-25-19-22-44(40-47)45-36-39-62-57(41-45)56-32-15-18-35-61(56)65(62)46-23-7-4-8-24-46/h3-42H,1-2H3. The molecule has 0 N–H and O–H groups in total. The Morgan fingerprint density at radius 1 is 0.323 bits per heavy atom. The number of fused-ring (bicyclic) bond motifs is 6. The minimum atomic E-state index is -0.156. The van der Waals surface area contributed by atoms with E-state index < -0.39 is 0 Å². The lowest BCUT2D eigenvalue weighted by Crippen LogP contribution is -2.17. The van der Waals surface area contributed by atoms with Gasteiger partial charge in [-0.05, 0) is 122 Å². The third kappa shape index (κ3) is 6.40. The predicted octanol–water partition coefficient (Wildman–Crippen LogP) is 17.2. The van der Waals surface area contributed by atoms with Crippen LogP contribution in [0.2, 0.25) is 0 Å². The van der Waals surface area contributed by atoms with Gasteiger partial charge in [0, 0.05) is 38.8 Å². The van der Waals surface area contributed by atoms with Crippen molar-refractivity contribution in [3.05, 3.63) is 254 Å². The number of rotatable bonds is 8. The van der Waals surface area contributed by atoms with E-state index in [0.29, 0.717) is 0 Å². The molecule has 2 nitrogen and oxygen atoms in total. The molecule has 308 valence electrons. The SMILES string of the molecule is CC1(C)c2ccccc2-c2ccc(N(c3cccc(-c4ccc5c(c4)c4ccccc4n5-c4ccccc4)c3)c3ccccc3-c3ccccc3-c3ccccc3-c3ccccc3)cc21. The molecule has 0 saturated carbocycles. The van der Waals surface area contributed by atoms with Gasteiger partial charge in [-0.1, -0.05) is 196 Å². The first-order chi connectivity index (χ1) is 32.0. The first kappa shape index (κ1) is 38.5. The number of benzene rings is 10. The lowest BCUT2D eigenvalue weighted by molar-refractivity contribution is 0.660. The summed E-state index contributed by atoms with van der Waals surface area (Å²) in [6.45, 7) is 4.73. The van der Waals surface area contributed by atoms with E-state index in [-0.39, 0.29) is 5.41 Å². The van der Waals surface area contributed by atoms with Crippen molar-refractivity contribution in [1.82, 2.24) is 4.57 Å². The molecule has 1 heterocycles. The fourth-order valence-electron chi connectivity index (χ4n) is 10.5. The van der Waals surface area contributed by atoms with Gasteiger partial charge in [-0.3, -0.25) is 0 Å². The third-order valence-corrected chi connectivity index (χ3v) is 13.6. The number of hydrogen-bond donors (Lipinski definition) is 0. The first-order valence-electron chi connectivity index (χ1n) is 22.6. The third-order valence-electron chi connectivity index (χ3n) is 13.6. The second-order valence-electron chi connectivity index (χ2n) is 17.7. The number of hydrogen-bond acceptors (Lipinski definition) is 1. The van der Waals surface area contributed by atoms with Crippen LogP contribution in [0.3, 0.4) is 0 Å². The summed E-state index contributed by atoms with van der Waals surface area (Å²) in [4.78, 5) is 2.48. The molecule has 65 heavy (non-hydrogen) atoms. The lowest BCUT2D eigenvalue weighted by atomic mass is 9.82. The van der Waals surface area contributed by atoms with E-state index in [1.54, 1.807) is 0 Å². The van der Waals surface area contributed by atoms with E-state index in [2.05, 4.69) is 266 Å². The highest BCUT2D eigenvalue weighted by atomic mass is 15.1. The topological polar surface area (TPSA) is 8.17 Å². The largest absolute Gasteiger partial charge is 0.310 e. The van der Waals surface area contributed by atoms with E-state index in [4.69, 9.17) is 0 Å². The molecule has 1 aromatic heterocycles. The van der Waals surface area contributed by atoms with Crippen LogP contribution >= 0.6 is 0 Å². The van der Waals surface area contributed by atoms with Crippen LogP contribution in [0.15, 0.2) is 243 Å². The molecule has 11 aromatic rings. The molecule has 0 unspecified atom stereocenters. The fraction of sp³-hybridized carbons (Fsp3) is 0.0476. The molecule has 2 heteroatoms. The van der Waals surface area contributed by atoms with Crippen molar-refractivity contribution in [2.75, 3.05) is 4.90 Å². The van der Waals surface area contributed by atoms with Crippen LogP contribution in [-0.4, -0.2) is 4.57 Å². The van der Waals surface area contributed by atoms with Crippen LogP contribution in [0.4, 0.5) is 17.1 Å². The normalized spacial score (nSPS) is 12.6. The second kappa shape index (κ2) is 15.6. The van der Waals surface area contributed by atoms with Gasteiger partial charge in [0.2, 0.25) is 0 Å². The highest BCUT2D eigenvalue weighted by Gasteiger charge is 2.36. The molecule has 1 aliphatic carbocycles. The molecule has 0 atom stereocenters. The van der Waals surface area contributed by atoms with Gasteiger partial charge in [-0.25, -0.2) is 0 Å². The minimum Gasteiger partial charge on any atom is -0.310 e. The summed E-state index contributed by atoms with van der Waals surface area (Å²) in [6, 6.07) is 88.9. The van der Waals surface area contributed by atoms with Gasteiger partial charge in [0.05, 0.1) is 16.7 Å². The van der Waals surface area contributed by atoms with E-state index in [9.17, 15) is 0 Å². The molecule has 12 rings (SSSR count). The summed E-state index contributed by atoms with van der Waals surface area (Å²) in [6.07, 6.45) is 0. The highest BCUT2D eigenvalue weighted by molar-refractivity contribution is 6.10. The Morgan fingerprint density at radius 3 is 1.65 bits per heavy atom. The molecule has 0 radical (unpaired) electrons. The maximum Gasteiger partial charge on any atom is 0.0541 e. The second-order valence-corrected chi connectivity index (χ2v) is 17.7. The molecule has 0 fully saturated rings. The Labute approximate surface area is 381 Å². The van der Waals surface area contributed by atoms with Crippen LogP contribution in [0.5, 0.6) is 0 Å². The molecule has 0 saturated heterocycles.